The van der Waals surface area contributed by atoms with Crippen LogP contribution in [0.1, 0.15) is 0 Å². The zero-order valence-corrected chi connectivity index (χ0v) is 7.64. The first kappa shape index (κ1) is 8.92. The summed E-state index contributed by atoms with van der Waals surface area (Å²) >= 11 is 0. The molecule has 2 rings (SSSR count). The number of terminal acetylenes is 1. The predicted octanol–water partition coefficient (Wildman–Crippen LogP) is 0.787. The van der Waals surface area contributed by atoms with Crippen molar-refractivity contribution in [2.45, 2.75) is 12.1 Å². The van der Waals surface area contributed by atoms with Crippen molar-refractivity contribution in [2.24, 2.45) is 5.73 Å². The summed E-state index contributed by atoms with van der Waals surface area (Å²) < 4.78 is 11.1. The van der Waals surface area contributed by atoms with E-state index in [1.165, 1.54) is 0 Å². The van der Waals surface area contributed by atoms with Gasteiger partial charge >= 0.3 is 0 Å². The minimum absolute atomic E-state index is 0.255. The summed E-state index contributed by atoms with van der Waals surface area (Å²) in [7, 11) is 0. The molecule has 0 radical (unpaired) electrons. The van der Waals surface area contributed by atoms with Gasteiger partial charge in [0.1, 0.15) is 12.6 Å². The van der Waals surface area contributed by atoms with Gasteiger partial charge in [0.25, 0.3) is 0 Å². The Balaban J connectivity index is 2.18. The number of rotatable bonds is 1. The maximum absolute atomic E-state index is 5.66. The van der Waals surface area contributed by atoms with E-state index in [0.29, 0.717) is 12.4 Å². The molecule has 2 atom stereocenters. The maximum atomic E-state index is 5.66. The summed E-state index contributed by atoms with van der Waals surface area (Å²) in [6.45, 7) is 0.405. The Bertz CT molecular complexity index is 370. The quantitative estimate of drug-likeness (QED) is 0.664. The van der Waals surface area contributed by atoms with Gasteiger partial charge in [-0.3, -0.25) is 0 Å². The molecular weight excluding hydrogens is 178 g/mol. The molecule has 0 fully saturated rings. The van der Waals surface area contributed by atoms with Gasteiger partial charge in [0.05, 0.1) is 0 Å². The molecule has 1 aromatic rings. The van der Waals surface area contributed by atoms with Crippen molar-refractivity contribution < 1.29 is 9.47 Å². The SMILES string of the molecule is C#CC(N)C1COc2ccccc2O1. The smallest absolute Gasteiger partial charge is 0.161 e. The Morgan fingerprint density at radius 3 is 2.86 bits per heavy atom. The third-order valence-corrected chi connectivity index (χ3v) is 2.12. The van der Waals surface area contributed by atoms with E-state index in [-0.39, 0.29) is 6.10 Å². The summed E-state index contributed by atoms with van der Waals surface area (Å²) in [5, 5.41) is 0. The molecule has 1 aromatic carbocycles. The number of hydrogen-bond donors (Lipinski definition) is 1. The molecule has 0 aliphatic carbocycles. The topological polar surface area (TPSA) is 44.5 Å². The molecule has 0 saturated heterocycles. The van der Waals surface area contributed by atoms with Crippen LogP contribution in [-0.2, 0) is 0 Å². The first-order chi connectivity index (χ1) is 6.81. The number of benzene rings is 1. The molecule has 0 spiro atoms. The lowest BCUT2D eigenvalue weighted by molar-refractivity contribution is 0.0843. The van der Waals surface area contributed by atoms with E-state index in [1.54, 1.807) is 0 Å². The molecule has 0 saturated carbocycles. The van der Waals surface area contributed by atoms with Crippen LogP contribution in [0.2, 0.25) is 0 Å². The minimum Gasteiger partial charge on any atom is -0.486 e. The summed E-state index contributed by atoms with van der Waals surface area (Å²) in [5.41, 5.74) is 5.66. The maximum Gasteiger partial charge on any atom is 0.161 e. The van der Waals surface area contributed by atoms with E-state index in [4.69, 9.17) is 21.6 Å². The number of hydrogen-bond acceptors (Lipinski definition) is 3. The minimum atomic E-state index is -0.427. The number of nitrogens with two attached hydrogens (primary N) is 1. The lowest BCUT2D eigenvalue weighted by atomic mass is 10.1. The molecule has 14 heavy (non-hydrogen) atoms. The third kappa shape index (κ3) is 1.52. The molecule has 0 aromatic heterocycles. The number of fused-ring (bicyclic) bond motifs is 1. The zero-order chi connectivity index (χ0) is 9.97. The van der Waals surface area contributed by atoms with Crippen molar-refractivity contribution in [1.82, 2.24) is 0 Å². The Morgan fingerprint density at radius 1 is 1.43 bits per heavy atom. The summed E-state index contributed by atoms with van der Waals surface area (Å²) in [5.74, 6) is 3.88. The van der Waals surface area contributed by atoms with Crippen LogP contribution in [0.5, 0.6) is 11.5 Å². The Kier molecular flexibility index (Phi) is 2.30. The van der Waals surface area contributed by atoms with Crippen LogP contribution < -0.4 is 15.2 Å². The number of ether oxygens (including phenoxy) is 2. The van der Waals surface area contributed by atoms with Crippen molar-refractivity contribution >= 4 is 0 Å². The van der Waals surface area contributed by atoms with Crippen molar-refractivity contribution in [1.29, 1.82) is 0 Å². The molecule has 3 nitrogen and oxygen atoms in total. The van der Waals surface area contributed by atoms with E-state index in [9.17, 15) is 0 Å². The van der Waals surface area contributed by atoms with E-state index >= 15 is 0 Å². The summed E-state index contributed by atoms with van der Waals surface area (Å²) in [4.78, 5) is 0. The molecular formula is C11H11NO2. The lowest BCUT2D eigenvalue weighted by Crippen LogP contribution is -2.43. The first-order valence-corrected chi connectivity index (χ1v) is 4.41. The molecule has 2 N–H and O–H groups in total. The lowest BCUT2D eigenvalue weighted by Gasteiger charge is -2.28. The molecule has 3 heteroatoms. The van der Waals surface area contributed by atoms with Crippen LogP contribution >= 0.6 is 0 Å². The van der Waals surface area contributed by atoms with Crippen molar-refractivity contribution in [3.63, 3.8) is 0 Å². The Morgan fingerprint density at radius 2 is 2.14 bits per heavy atom. The fraction of sp³-hybridized carbons (Fsp3) is 0.273. The van der Waals surface area contributed by atoms with Crippen molar-refractivity contribution in [2.75, 3.05) is 6.61 Å². The summed E-state index contributed by atoms with van der Waals surface area (Å²) in [6.07, 6.45) is 4.96. The third-order valence-electron chi connectivity index (χ3n) is 2.12. The van der Waals surface area contributed by atoms with Gasteiger partial charge in [-0.15, -0.1) is 6.42 Å². The second-order valence-electron chi connectivity index (χ2n) is 3.11. The molecule has 72 valence electrons. The van der Waals surface area contributed by atoms with Crippen LogP contribution in [0.15, 0.2) is 24.3 Å². The van der Waals surface area contributed by atoms with Crippen LogP contribution in [-0.4, -0.2) is 18.8 Å². The number of para-hydroxylation sites is 2. The molecule has 1 aliphatic heterocycles. The van der Waals surface area contributed by atoms with Crippen LogP contribution in [0.3, 0.4) is 0 Å². The summed E-state index contributed by atoms with van der Waals surface area (Å²) in [6, 6.07) is 7.04. The van der Waals surface area contributed by atoms with Gasteiger partial charge in [-0.05, 0) is 12.1 Å². The van der Waals surface area contributed by atoms with Crippen LogP contribution in [0.4, 0.5) is 0 Å². The highest BCUT2D eigenvalue weighted by Crippen LogP contribution is 2.31. The van der Waals surface area contributed by atoms with Crippen molar-refractivity contribution in [3.8, 4) is 23.8 Å². The normalized spacial score (nSPS) is 21.0. The average molecular weight is 189 g/mol. The van der Waals surface area contributed by atoms with Crippen molar-refractivity contribution in [3.05, 3.63) is 24.3 Å². The molecule has 0 bridgehead atoms. The Hall–Kier alpha value is -1.66. The molecule has 1 heterocycles. The molecule has 1 aliphatic rings. The predicted molar refractivity (Wildman–Crippen MR) is 53.2 cm³/mol. The van der Waals surface area contributed by atoms with Gasteiger partial charge in [-0.2, -0.15) is 0 Å². The monoisotopic (exact) mass is 189 g/mol. The van der Waals surface area contributed by atoms with Gasteiger partial charge in [-0.1, -0.05) is 18.1 Å². The largest absolute Gasteiger partial charge is 0.486 e. The average Bonchev–Trinajstić information content (AvgIpc) is 2.27. The van der Waals surface area contributed by atoms with E-state index in [0.717, 1.165) is 5.75 Å². The Labute approximate surface area is 82.8 Å². The van der Waals surface area contributed by atoms with Gasteiger partial charge in [0, 0.05) is 0 Å². The van der Waals surface area contributed by atoms with E-state index in [2.05, 4.69) is 5.92 Å². The standard InChI is InChI=1S/C11H11NO2/c1-2-8(12)11-7-13-9-5-3-4-6-10(9)14-11/h1,3-6,8,11H,7,12H2. The van der Waals surface area contributed by atoms with Gasteiger partial charge in [0.2, 0.25) is 0 Å². The molecule has 0 amide bonds. The second kappa shape index (κ2) is 3.60. The van der Waals surface area contributed by atoms with Crippen LogP contribution in [0.25, 0.3) is 0 Å². The second-order valence-corrected chi connectivity index (χ2v) is 3.11. The first-order valence-electron chi connectivity index (χ1n) is 4.41. The van der Waals surface area contributed by atoms with Gasteiger partial charge in [0.15, 0.2) is 17.6 Å². The van der Waals surface area contributed by atoms with E-state index < -0.39 is 6.04 Å². The van der Waals surface area contributed by atoms with Crippen LogP contribution in [0, 0.1) is 12.3 Å². The highest BCUT2D eigenvalue weighted by Gasteiger charge is 2.24. The fourth-order valence-corrected chi connectivity index (χ4v) is 1.32. The van der Waals surface area contributed by atoms with Gasteiger partial charge < -0.3 is 15.2 Å². The van der Waals surface area contributed by atoms with Gasteiger partial charge in [-0.25, -0.2) is 0 Å². The highest BCUT2D eigenvalue weighted by molar-refractivity contribution is 5.41. The highest BCUT2D eigenvalue weighted by atomic mass is 16.6. The van der Waals surface area contributed by atoms with E-state index in [1.807, 2.05) is 24.3 Å². The molecule has 2 unspecified atom stereocenters. The fourth-order valence-electron chi connectivity index (χ4n) is 1.32. The zero-order valence-electron chi connectivity index (χ0n) is 7.64.